The SMILES string of the molecule is CC(C)(CNC(=O)c1ccc(-c2ccccc2)cc1)CNC(=N[N+](=O)[O-])Nc1cccnc1. The van der Waals surface area contributed by atoms with Gasteiger partial charge in [0.2, 0.25) is 0 Å². The molecule has 0 radical (unpaired) electrons. The van der Waals surface area contributed by atoms with Gasteiger partial charge in [-0.2, -0.15) is 0 Å². The van der Waals surface area contributed by atoms with Crippen molar-refractivity contribution in [2.75, 3.05) is 18.4 Å². The van der Waals surface area contributed by atoms with E-state index in [1.807, 2.05) is 56.3 Å². The van der Waals surface area contributed by atoms with Crippen LogP contribution in [0, 0.1) is 15.5 Å². The Morgan fingerprint density at radius 2 is 1.64 bits per heavy atom. The second-order valence-electron chi connectivity index (χ2n) is 8.20. The number of carbonyl (C=O) groups excluding carboxylic acids is 1. The quantitative estimate of drug-likeness (QED) is 0.210. The van der Waals surface area contributed by atoms with Crippen molar-refractivity contribution in [1.82, 2.24) is 15.6 Å². The standard InChI is InChI=1S/C24H26N6O3/c1-24(2,17-27-23(29-30(32)33)28-21-9-6-14-25-15-21)16-26-22(31)20-12-10-19(11-13-20)18-7-4-3-5-8-18/h3-15H,16-17H2,1-2H3,(H,26,31)(H2,27,28,29). The van der Waals surface area contributed by atoms with Crippen LogP contribution in [0.2, 0.25) is 0 Å². The van der Waals surface area contributed by atoms with Crippen LogP contribution in [-0.4, -0.2) is 35.0 Å². The summed E-state index contributed by atoms with van der Waals surface area (Å²) < 4.78 is 0. The molecule has 1 amide bonds. The first-order valence-corrected chi connectivity index (χ1v) is 10.4. The molecule has 3 N–H and O–H groups in total. The van der Waals surface area contributed by atoms with Gasteiger partial charge in [-0.15, -0.1) is 0 Å². The summed E-state index contributed by atoms with van der Waals surface area (Å²) >= 11 is 0. The number of amides is 1. The zero-order chi connectivity index (χ0) is 23.7. The summed E-state index contributed by atoms with van der Waals surface area (Å²) in [5.41, 5.74) is 2.84. The van der Waals surface area contributed by atoms with E-state index in [1.165, 1.54) is 6.20 Å². The number of nitro groups is 1. The lowest BCUT2D eigenvalue weighted by atomic mass is 9.93. The highest BCUT2D eigenvalue weighted by molar-refractivity contribution is 5.95. The van der Waals surface area contributed by atoms with Gasteiger partial charge in [0.1, 0.15) is 5.10 Å². The molecule has 9 heteroatoms. The fraction of sp³-hybridized carbons (Fsp3) is 0.208. The number of pyridine rings is 1. The van der Waals surface area contributed by atoms with Gasteiger partial charge in [-0.05, 0) is 40.8 Å². The first kappa shape index (κ1) is 23.4. The number of hydrogen-bond donors (Lipinski definition) is 3. The van der Waals surface area contributed by atoms with Crippen LogP contribution in [-0.2, 0) is 0 Å². The van der Waals surface area contributed by atoms with Gasteiger partial charge in [0.25, 0.3) is 11.9 Å². The van der Waals surface area contributed by atoms with E-state index in [0.717, 1.165) is 11.1 Å². The van der Waals surface area contributed by atoms with Gasteiger partial charge in [-0.3, -0.25) is 9.78 Å². The molecule has 1 heterocycles. The largest absolute Gasteiger partial charge is 0.351 e. The fourth-order valence-electron chi connectivity index (χ4n) is 3.01. The topological polar surface area (TPSA) is 122 Å². The Morgan fingerprint density at radius 3 is 2.27 bits per heavy atom. The molecule has 2 aromatic carbocycles. The van der Waals surface area contributed by atoms with Crippen molar-refractivity contribution in [3.05, 3.63) is 94.8 Å². The van der Waals surface area contributed by atoms with Gasteiger partial charge >= 0.3 is 0 Å². The van der Waals surface area contributed by atoms with E-state index in [-0.39, 0.29) is 11.9 Å². The molecule has 3 rings (SSSR count). The molecule has 3 aromatic rings. The van der Waals surface area contributed by atoms with Crippen molar-refractivity contribution < 1.29 is 9.83 Å². The summed E-state index contributed by atoms with van der Waals surface area (Å²) in [6.45, 7) is 4.57. The minimum absolute atomic E-state index is 0.0103. The number of anilines is 1. The Hall–Kier alpha value is -4.27. The number of hydrogen-bond acceptors (Lipinski definition) is 4. The molecule has 0 unspecified atom stereocenters. The molecule has 0 aliphatic carbocycles. The summed E-state index contributed by atoms with van der Waals surface area (Å²) in [6, 6.07) is 20.8. The molecule has 0 atom stereocenters. The molecule has 0 bridgehead atoms. The van der Waals surface area contributed by atoms with Gasteiger partial charge in [-0.25, -0.2) is 10.1 Å². The maximum atomic E-state index is 12.6. The van der Waals surface area contributed by atoms with Crippen LogP contribution < -0.4 is 16.0 Å². The van der Waals surface area contributed by atoms with E-state index < -0.39 is 10.4 Å². The Morgan fingerprint density at radius 1 is 0.970 bits per heavy atom. The van der Waals surface area contributed by atoms with E-state index in [0.29, 0.717) is 24.3 Å². The van der Waals surface area contributed by atoms with E-state index in [4.69, 9.17) is 0 Å². The van der Waals surface area contributed by atoms with Crippen molar-refractivity contribution in [1.29, 1.82) is 0 Å². The first-order valence-electron chi connectivity index (χ1n) is 10.4. The zero-order valence-electron chi connectivity index (χ0n) is 18.5. The Bertz CT molecular complexity index is 1100. The average Bonchev–Trinajstić information content (AvgIpc) is 2.82. The van der Waals surface area contributed by atoms with Crippen molar-refractivity contribution in [2.45, 2.75) is 13.8 Å². The van der Waals surface area contributed by atoms with Crippen LogP contribution in [0.15, 0.2) is 84.2 Å². The van der Waals surface area contributed by atoms with Crippen LogP contribution in [0.3, 0.4) is 0 Å². The summed E-state index contributed by atoms with van der Waals surface area (Å²) in [6.07, 6.45) is 3.13. The summed E-state index contributed by atoms with van der Waals surface area (Å²) in [4.78, 5) is 27.4. The van der Waals surface area contributed by atoms with Gasteiger partial charge in [-0.1, -0.05) is 56.3 Å². The van der Waals surface area contributed by atoms with E-state index >= 15 is 0 Å². The van der Waals surface area contributed by atoms with Crippen LogP contribution in [0.1, 0.15) is 24.2 Å². The molecule has 0 aliphatic heterocycles. The molecular formula is C24H26N6O3. The predicted molar refractivity (Wildman–Crippen MR) is 128 cm³/mol. The van der Waals surface area contributed by atoms with Crippen LogP contribution in [0.5, 0.6) is 0 Å². The maximum Gasteiger partial charge on any atom is 0.273 e. The third-order valence-corrected chi connectivity index (χ3v) is 4.82. The second kappa shape index (κ2) is 10.9. The zero-order valence-corrected chi connectivity index (χ0v) is 18.5. The fourth-order valence-corrected chi connectivity index (χ4v) is 3.01. The second-order valence-corrected chi connectivity index (χ2v) is 8.20. The molecular weight excluding hydrogens is 420 g/mol. The third kappa shape index (κ3) is 7.42. The lowest BCUT2D eigenvalue weighted by Crippen LogP contribution is -2.44. The number of nitrogens with zero attached hydrogens (tertiary/aromatic N) is 3. The van der Waals surface area contributed by atoms with Gasteiger partial charge in [0.15, 0.2) is 5.03 Å². The number of guanidine groups is 1. The third-order valence-electron chi connectivity index (χ3n) is 4.82. The van der Waals surface area contributed by atoms with Crippen LogP contribution >= 0.6 is 0 Å². The summed E-state index contributed by atoms with van der Waals surface area (Å²) in [5.74, 6) is -0.195. The highest BCUT2D eigenvalue weighted by atomic mass is 16.7. The van der Waals surface area contributed by atoms with Crippen molar-refractivity contribution in [3.8, 4) is 11.1 Å². The predicted octanol–water partition coefficient (Wildman–Crippen LogP) is 3.75. The lowest BCUT2D eigenvalue weighted by Gasteiger charge is -2.26. The highest BCUT2D eigenvalue weighted by Crippen LogP contribution is 2.19. The number of benzene rings is 2. The van der Waals surface area contributed by atoms with E-state index in [2.05, 4.69) is 26.0 Å². The molecule has 0 spiro atoms. The Kier molecular flexibility index (Phi) is 7.69. The van der Waals surface area contributed by atoms with E-state index in [9.17, 15) is 14.9 Å². The van der Waals surface area contributed by atoms with Crippen LogP contribution in [0.25, 0.3) is 11.1 Å². The van der Waals surface area contributed by atoms with Gasteiger partial charge < -0.3 is 16.0 Å². The molecule has 1 aromatic heterocycles. The number of aromatic nitrogens is 1. The Labute approximate surface area is 192 Å². The van der Waals surface area contributed by atoms with Crippen molar-refractivity contribution in [2.24, 2.45) is 10.5 Å². The van der Waals surface area contributed by atoms with Gasteiger partial charge in [0, 0.05) is 24.8 Å². The average molecular weight is 447 g/mol. The van der Waals surface area contributed by atoms with E-state index in [1.54, 1.807) is 30.5 Å². The minimum atomic E-state index is -0.778. The first-order chi connectivity index (χ1) is 15.8. The maximum absolute atomic E-state index is 12.6. The monoisotopic (exact) mass is 446 g/mol. The lowest BCUT2D eigenvalue weighted by molar-refractivity contribution is -0.485. The van der Waals surface area contributed by atoms with Crippen molar-refractivity contribution in [3.63, 3.8) is 0 Å². The normalized spacial score (nSPS) is 11.5. The Balaban J connectivity index is 1.55. The number of carbonyl (C=O) groups is 1. The van der Waals surface area contributed by atoms with Gasteiger partial charge in [0.05, 0.1) is 11.9 Å². The molecule has 0 saturated heterocycles. The summed E-state index contributed by atoms with van der Waals surface area (Å²) in [7, 11) is 0. The smallest absolute Gasteiger partial charge is 0.273 e. The number of rotatable bonds is 8. The molecule has 9 nitrogen and oxygen atoms in total. The van der Waals surface area contributed by atoms with Crippen LogP contribution in [0.4, 0.5) is 5.69 Å². The molecule has 170 valence electrons. The summed E-state index contributed by atoms with van der Waals surface area (Å²) in [5, 5.41) is 22.2. The minimum Gasteiger partial charge on any atom is -0.351 e. The molecule has 0 fully saturated rings. The number of nitrogens with one attached hydrogen (secondary N) is 3. The molecule has 0 aliphatic rings. The van der Waals surface area contributed by atoms with Crippen molar-refractivity contribution >= 4 is 17.6 Å². The molecule has 0 saturated carbocycles. The highest BCUT2D eigenvalue weighted by Gasteiger charge is 2.21. The molecule has 33 heavy (non-hydrogen) atoms. The number of hydrazone groups is 1.